The molecule has 0 unspecified atom stereocenters. The Labute approximate surface area is 161 Å². The van der Waals surface area contributed by atoms with Gasteiger partial charge in [-0.1, -0.05) is 6.92 Å². The maximum atomic E-state index is 5.56. The van der Waals surface area contributed by atoms with Crippen molar-refractivity contribution < 1.29 is 4.74 Å². The molecule has 4 rings (SSSR count). The van der Waals surface area contributed by atoms with Crippen molar-refractivity contribution in [1.29, 1.82) is 0 Å². The number of aryl methyl sites for hydroxylation is 1. The molecule has 6 nitrogen and oxygen atoms in total. The first-order valence-electron chi connectivity index (χ1n) is 10.3. The number of nitrogens with zero attached hydrogens (tertiary/aromatic N) is 4. The second kappa shape index (κ2) is 7.89. The molecule has 2 aliphatic rings. The minimum atomic E-state index is 0.463. The van der Waals surface area contributed by atoms with Gasteiger partial charge in [-0.25, -0.2) is 4.98 Å². The fraction of sp³-hybridized carbons (Fsp3) is 0.619. The average molecular weight is 370 g/mol. The largest absolute Gasteiger partial charge is 0.496 e. The molecule has 146 valence electrons. The summed E-state index contributed by atoms with van der Waals surface area (Å²) in [4.78, 5) is 14.7. The maximum Gasteiger partial charge on any atom is 0.227 e. The van der Waals surface area contributed by atoms with E-state index in [0.717, 1.165) is 79.5 Å². The number of methoxy groups -OCH3 is 1. The third kappa shape index (κ3) is 3.81. The Morgan fingerprint density at radius 1 is 1.11 bits per heavy atom. The van der Waals surface area contributed by atoms with Crippen molar-refractivity contribution in [2.24, 2.45) is 0 Å². The molecule has 2 aromatic rings. The van der Waals surface area contributed by atoms with Crippen molar-refractivity contribution in [3.8, 4) is 5.75 Å². The summed E-state index contributed by atoms with van der Waals surface area (Å²) in [5.74, 6) is 2.71. The van der Waals surface area contributed by atoms with Crippen molar-refractivity contribution in [3.05, 3.63) is 17.7 Å². The zero-order valence-corrected chi connectivity index (χ0v) is 16.8. The molecule has 2 saturated heterocycles. The van der Waals surface area contributed by atoms with E-state index in [1.807, 2.05) is 0 Å². The summed E-state index contributed by atoms with van der Waals surface area (Å²) in [5, 5.41) is 4.80. The van der Waals surface area contributed by atoms with Gasteiger partial charge in [0.1, 0.15) is 11.6 Å². The van der Waals surface area contributed by atoms with Gasteiger partial charge in [-0.3, -0.25) is 0 Å². The highest BCUT2D eigenvalue weighted by atomic mass is 16.5. The van der Waals surface area contributed by atoms with E-state index in [2.05, 4.69) is 41.1 Å². The molecule has 0 saturated carbocycles. The highest BCUT2D eigenvalue weighted by molar-refractivity contribution is 5.92. The molecule has 0 spiro atoms. The summed E-state index contributed by atoms with van der Waals surface area (Å²) in [6.45, 7) is 9.85. The van der Waals surface area contributed by atoms with E-state index >= 15 is 0 Å². The Kier molecular flexibility index (Phi) is 5.34. The van der Waals surface area contributed by atoms with Crippen LogP contribution in [0.4, 0.5) is 11.8 Å². The third-order valence-electron chi connectivity index (χ3n) is 5.97. The third-order valence-corrected chi connectivity index (χ3v) is 5.97. The molecule has 2 aliphatic heterocycles. The number of nitrogens with one attached hydrogen (secondary N) is 1. The van der Waals surface area contributed by atoms with Crippen molar-refractivity contribution in [1.82, 2.24) is 14.9 Å². The lowest BCUT2D eigenvalue weighted by atomic mass is 10.0. The van der Waals surface area contributed by atoms with E-state index in [1.165, 1.54) is 12.8 Å². The smallest absolute Gasteiger partial charge is 0.227 e. The van der Waals surface area contributed by atoms with Gasteiger partial charge in [0.2, 0.25) is 5.95 Å². The summed E-state index contributed by atoms with van der Waals surface area (Å²) >= 11 is 0. The van der Waals surface area contributed by atoms with Crippen LogP contribution in [-0.4, -0.2) is 60.7 Å². The van der Waals surface area contributed by atoms with E-state index in [9.17, 15) is 0 Å². The number of fused-ring (bicyclic) bond motifs is 1. The van der Waals surface area contributed by atoms with Crippen LogP contribution in [0.1, 0.15) is 38.2 Å². The number of rotatable bonds is 5. The summed E-state index contributed by atoms with van der Waals surface area (Å²) in [6, 6.07) is 4.67. The topological polar surface area (TPSA) is 53.5 Å². The van der Waals surface area contributed by atoms with Crippen LogP contribution in [0.15, 0.2) is 12.1 Å². The SMILES string of the molecule is CCN1CCC(Nc2nc(N3CCCC3)nc3cc(C)c(OC)cc23)CC1. The summed E-state index contributed by atoms with van der Waals surface area (Å²) in [6.07, 6.45) is 4.76. The second-order valence-electron chi connectivity index (χ2n) is 7.76. The number of hydrogen-bond acceptors (Lipinski definition) is 6. The molecule has 0 amide bonds. The van der Waals surface area contributed by atoms with Gasteiger partial charge in [0.15, 0.2) is 0 Å². The molecular formula is C21H31N5O. The van der Waals surface area contributed by atoms with Gasteiger partial charge in [-0.05, 0) is 56.8 Å². The first-order chi connectivity index (χ1) is 13.2. The lowest BCUT2D eigenvalue weighted by molar-refractivity contribution is 0.229. The molecule has 0 atom stereocenters. The number of ether oxygens (including phenoxy) is 1. The molecule has 2 fully saturated rings. The summed E-state index contributed by atoms with van der Waals surface area (Å²) < 4.78 is 5.56. The minimum absolute atomic E-state index is 0.463. The van der Waals surface area contributed by atoms with Crippen LogP contribution in [0.25, 0.3) is 10.9 Å². The van der Waals surface area contributed by atoms with Crippen LogP contribution < -0.4 is 15.0 Å². The van der Waals surface area contributed by atoms with Crippen LogP contribution >= 0.6 is 0 Å². The van der Waals surface area contributed by atoms with Gasteiger partial charge < -0.3 is 19.9 Å². The molecule has 0 aliphatic carbocycles. The van der Waals surface area contributed by atoms with Gasteiger partial charge in [-0.15, -0.1) is 0 Å². The maximum absolute atomic E-state index is 5.56. The predicted octanol–water partition coefficient (Wildman–Crippen LogP) is 3.44. The fourth-order valence-electron chi connectivity index (χ4n) is 4.22. The van der Waals surface area contributed by atoms with Crippen LogP contribution in [0.3, 0.4) is 0 Å². The van der Waals surface area contributed by atoms with Crippen molar-refractivity contribution >= 4 is 22.7 Å². The molecule has 0 radical (unpaired) electrons. The highest BCUT2D eigenvalue weighted by Crippen LogP contribution is 2.32. The molecule has 6 heteroatoms. The molecule has 0 bridgehead atoms. The number of piperidine rings is 1. The lowest BCUT2D eigenvalue weighted by Crippen LogP contribution is -2.39. The summed E-state index contributed by atoms with van der Waals surface area (Å²) in [7, 11) is 1.72. The van der Waals surface area contributed by atoms with Crippen LogP contribution in [-0.2, 0) is 0 Å². The van der Waals surface area contributed by atoms with Crippen molar-refractivity contribution in [2.75, 3.05) is 50.1 Å². The Morgan fingerprint density at radius 2 is 1.85 bits per heavy atom. The van der Waals surface area contributed by atoms with E-state index in [0.29, 0.717) is 6.04 Å². The zero-order valence-electron chi connectivity index (χ0n) is 16.8. The first kappa shape index (κ1) is 18.3. The molecule has 27 heavy (non-hydrogen) atoms. The predicted molar refractivity (Wildman–Crippen MR) is 111 cm³/mol. The lowest BCUT2D eigenvalue weighted by Gasteiger charge is -2.32. The number of anilines is 2. The molecule has 1 N–H and O–H groups in total. The van der Waals surface area contributed by atoms with Gasteiger partial charge in [0, 0.05) is 37.6 Å². The highest BCUT2D eigenvalue weighted by Gasteiger charge is 2.22. The monoisotopic (exact) mass is 369 g/mol. The quantitative estimate of drug-likeness (QED) is 0.871. The Morgan fingerprint density at radius 3 is 2.52 bits per heavy atom. The fourth-order valence-corrected chi connectivity index (χ4v) is 4.22. The Hall–Kier alpha value is -2.08. The Balaban J connectivity index is 1.69. The molecule has 1 aromatic heterocycles. The molecular weight excluding hydrogens is 338 g/mol. The number of aromatic nitrogens is 2. The first-order valence-corrected chi connectivity index (χ1v) is 10.3. The van der Waals surface area contributed by atoms with E-state index in [4.69, 9.17) is 14.7 Å². The van der Waals surface area contributed by atoms with Crippen molar-refractivity contribution in [2.45, 2.75) is 45.6 Å². The van der Waals surface area contributed by atoms with E-state index in [-0.39, 0.29) is 0 Å². The van der Waals surface area contributed by atoms with Crippen LogP contribution in [0, 0.1) is 6.92 Å². The van der Waals surface area contributed by atoms with E-state index < -0.39 is 0 Å². The number of hydrogen-bond donors (Lipinski definition) is 1. The summed E-state index contributed by atoms with van der Waals surface area (Å²) in [5.41, 5.74) is 2.11. The molecule has 3 heterocycles. The average Bonchev–Trinajstić information content (AvgIpc) is 3.23. The zero-order chi connectivity index (χ0) is 18.8. The van der Waals surface area contributed by atoms with Gasteiger partial charge >= 0.3 is 0 Å². The standard InChI is InChI=1S/C21H31N5O/c1-4-25-11-7-16(8-12-25)22-20-17-14-19(27-3)15(2)13-18(17)23-21(24-20)26-9-5-6-10-26/h13-14,16H,4-12H2,1-3H3,(H,22,23,24). The molecule has 1 aromatic carbocycles. The van der Waals surface area contributed by atoms with Crippen molar-refractivity contribution in [3.63, 3.8) is 0 Å². The minimum Gasteiger partial charge on any atom is -0.496 e. The number of benzene rings is 1. The van der Waals surface area contributed by atoms with Gasteiger partial charge in [0.25, 0.3) is 0 Å². The normalized spacial score (nSPS) is 19.0. The van der Waals surface area contributed by atoms with Gasteiger partial charge in [0.05, 0.1) is 12.6 Å². The van der Waals surface area contributed by atoms with Gasteiger partial charge in [-0.2, -0.15) is 4.98 Å². The second-order valence-corrected chi connectivity index (χ2v) is 7.76. The van der Waals surface area contributed by atoms with Crippen LogP contribution in [0.5, 0.6) is 5.75 Å². The van der Waals surface area contributed by atoms with E-state index in [1.54, 1.807) is 7.11 Å². The number of likely N-dealkylation sites (tertiary alicyclic amines) is 1. The van der Waals surface area contributed by atoms with Crippen LogP contribution in [0.2, 0.25) is 0 Å². The Bertz CT molecular complexity index is 795.